The first-order valence-corrected chi connectivity index (χ1v) is 5.68. The molecule has 0 aromatic heterocycles. The summed E-state index contributed by atoms with van der Waals surface area (Å²) in [6.07, 6.45) is 2.30. The van der Waals surface area contributed by atoms with E-state index in [-0.39, 0.29) is 5.54 Å². The zero-order chi connectivity index (χ0) is 10.8. The van der Waals surface area contributed by atoms with Crippen LogP contribution in [0.3, 0.4) is 0 Å². The molecule has 1 fully saturated rings. The lowest BCUT2D eigenvalue weighted by Crippen LogP contribution is -2.55. The van der Waals surface area contributed by atoms with Crippen LogP contribution in [0.2, 0.25) is 0 Å². The zero-order valence-electron chi connectivity index (χ0n) is 10.3. The lowest BCUT2D eigenvalue weighted by Gasteiger charge is -2.43. The van der Waals surface area contributed by atoms with Gasteiger partial charge in [-0.3, -0.25) is 0 Å². The van der Waals surface area contributed by atoms with Crippen molar-refractivity contribution >= 4 is 0 Å². The molecule has 0 amide bonds. The van der Waals surface area contributed by atoms with Gasteiger partial charge >= 0.3 is 0 Å². The maximum atomic E-state index is 5.36. The molecule has 1 heterocycles. The van der Waals surface area contributed by atoms with Gasteiger partial charge in [0.2, 0.25) is 0 Å². The van der Waals surface area contributed by atoms with Gasteiger partial charge < -0.3 is 10.1 Å². The van der Waals surface area contributed by atoms with E-state index < -0.39 is 0 Å². The lowest BCUT2D eigenvalue weighted by molar-refractivity contribution is 0.0559. The minimum absolute atomic E-state index is 0.189. The Labute approximate surface area is 88.4 Å². The van der Waals surface area contributed by atoms with Gasteiger partial charge in [-0.2, -0.15) is 0 Å². The van der Waals surface area contributed by atoms with E-state index in [4.69, 9.17) is 4.74 Å². The van der Waals surface area contributed by atoms with E-state index in [2.05, 4.69) is 39.9 Å². The summed E-state index contributed by atoms with van der Waals surface area (Å²) < 4.78 is 5.36. The minimum Gasteiger partial charge on any atom is -0.381 e. The third kappa shape index (κ3) is 2.96. The summed E-state index contributed by atoms with van der Waals surface area (Å²) in [6.45, 7) is 13.3. The fourth-order valence-corrected chi connectivity index (χ4v) is 1.57. The van der Waals surface area contributed by atoms with E-state index in [1.165, 1.54) is 0 Å². The zero-order valence-corrected chi connectivity index (χ0v) is 10.3. The second kappa shape index (κ2) is 4.19. The molecule has 0 spiro atoms. The number of nitrogens with one attached hydrogen (secondary N) is 1. The van der Waals surface area contributed by atoms with Gasteiger partial charge in [0, 0.05) is 24.8 Å². The quantitative estimate of drug-likeness (QED) is 0.738. The Balaban J connectivity index is 2.49. The first-order valence-electron chi connectivity index (χ1n) is 5.68. The van der Waals surface area contributed by atoms with Crippen molar-refractivity contribution in [1.29, 1.82) is 0 Å². The molecule has 84 valence electrons. The maximum absolute atomic E-state index is 5.36. The molecule has 1 aliphatic rings. The van der Waals surface area contributed by atoms with Gasteiger partial charge in [0.1, 0.15) is 0 Å². The van der Waals surface area contributed by atoms with Crippen molar-refractivity contribution in [2.45, 2.75) is 59.0 Å². The highest BCUT2D eigenvalue weighted by Gasteiger charge is 2.34. The van der Waals surface area contributed by atoms with Crippen molar-refractivity contribution in [3.05, 3.63) is 0 Å². The van der Waals surface area contributed by atoms with Crippen LogP contribution in [-0.2, 0) is 4.74 Å². The summed E-state index contributed by atoms with van der Waals surface area (Å²) in [6, 6.07) is 0.637. The number of hydrogen-bond acceptors (Lipinski definition) is 2. The van der Waals surface area contributed by atoms with Gasteiger partial charge in [0.15, 0.2) is 0 Å². The van der Waals surface area contributed by atoms with Gasteiger partial charge in [-0.05, 0) is 32.1 Å². The van der Waals surface area contributed by atoms with Gasteiger partial charge in [-0.15, -0.1) is 0 Å². The van der Waals surface area contributed by atoms with Crippen LogP contribution in [0.25, 0.3) is 0 Å². The third-order valence-electron chi connectivity index (χ3n) is 3.66. The lowest BCUT2D eigenvalue weighted by atomic mass is 9.75. The van der Waals surface area contributed by atoms with Crippen LogP contribution in [0.4, 0.5) is 0 Å². The predicted molar refractivity (Wildman–Crippen MR) is 60.5 cm³/mol. The molecule has 0 radical (unpaired) electrons. The standard InChI is InChI=1S/C12H25NO/c1-11(2,3)12(4,5)13-10-6-8-14-9-7-10/h10,13H,6-9H2,1-5H3. The van der Waals surface area contributed by atoms with Crippen LogP contribution in [0.5, 0.6) is 0 Å². The second-order valence-corrected chi connectivity index (χ2v) is 5.91. The number of ether oxygens (including phenoxy) is 1. The molecule has 0 aromatic rings. The summed E-state index contributed by atoms with van der Waals surface area (Å²) >= 11 is 0. The summed E-state index contributed by atoms with van der Waals surface area (Å²) in [4.78, 5) is 0. The van der Waals surface area contributed by atoms with Crippen LogP contribution in [0.1, 0.15) is 47.5 Å². The Morgan fingerprint density at radius 1 is 1.00 bits per heavy atom. The summed E-state index contributed by atoms with van der Waals surface area (Å²) in [5, 5.41) is 3.76. The average Bonchev–Trinajstić information content (AvgIpc) is 2.03. The number of hydrogen-bond donors (Lipinski definition) is 1. The van der Waals surface area contributed by atoms with E-state index in [0.29, 0.717) is 11.5 Å². The van der Waals surface area contributed by atoms with Crippen LogP contribution in [-0.4, -0.2) is 24.8 Å². The van der Waals surface area contributed by atoms with Gasteiger partial charge in [-0.25, -0.2) is 0 Å². The second-order valence-electron chi connectivity index (χ2n) is 5.91. The van der Waals surface area contributed by atoms with Crippen LogP contribution in [0, 0.1) is 5.41 Å². The first kappa shape index (κ1) is 12.0. The van der Waals surface area contributed by atoms with Gasteiger partial charge in [0.05, 0.1) is 0 Å². The molecule has 14 heavy (non-hydrogen) atoms. The van der Waals surface area contributed by atoms with Crippen molar-refractivity contribution in [1.82, 2.24) is 5.32 Å². The summed E-state index contributed by atoms with van der Waals surface area (Å²) in [7, 11) is 0. The molecular weight excluding hydrogens is 174 g/mol. The molecule has 2 nitrogen and oxygen atoms in total. The molecular formula is C12H25NO. The van der Waals surface area contributed by atoms with Gasteiger partial charge in [0.25, 0.3) is 0 Å². The van der Waals surface area contributed by atoms with E-state index >= 15 is 0 Å². The van der Waals surface area contributed by atoms with Crippen molar-refractivity contribution in [2.24, 2.45) is 5.41 Å². The Morgan fingerprint density at radius 3 is 1.93 bits per heavy atom. The highest BCUT2D eigenvalue weighted by atomic mass is 16.5. The monoisotopic (exact) mass is 199 g/mol. The topological polar surface area (TPSA) is 21.3 Å². The van der Waals surface area contributed by atoms with Crippen LogP contribution < -0.4 is 5.32 Å². The highest BCUT2D eigenvalue weighted by molar-refractivity contribution is 4.92. The van der Waals surface area contributed by atoms with Crippen molar-refractivity contribution in [2.75, 3.05) is 13.2 Å². The number of rotatable bonds is 2. The Kier molecular flexibility index (Phi) is 3.59. The molecule has 0 unspecified atom stereocenters. The molecule has 1 rings (SSSR count). The summed E-state index contributed by atoms with van der Waals surface area (Å²) in [5.41, 5.74) is 0.486. The molecule has 1 N–H and O–H groups in total. The normalized spacial score (nSPS) is 21.2. The molecule has 0 aliphatic carbocycles. The highest BCUT2D eigenvalue weighted by Crippen LogP contribution is 2.30. The van der Waals surface area contributed by atoms with Crippen molar-refractivity contribution < 1.29 is 4.74 Å². The molecule has 0 saturated carbocycles. The van der Waals surface area contributed by atoms with E-state index in [1.807, 2.05) is 0 Å². The Morgan fingerprint density at radius 2 is 1.50 bits per heavy atom. The predicted octanol–water partition coefficient (Wildman–Crippen LogP) is 2.58. The minimum atomic E-state index is 0.189. The molecule has 0 aromatic carbocycles. The fraction of sp³-hybridized carbons (Fsp3) is 1.00. The smallest absolute Gasteiger partial charge is 0.0480 e. The summed E-state index contributed by atoms with van der Waals surface area (Å²) in [5.74, 6) is 0. The fourth-order valence-electron chi connectivity index (χ4n) is 1.57. The SMILES string of the molecule is CC(C)(C)C(C)(C)NC1CCOCC1. The van der Waals surface area contributed by atoms with Crippen molar-refractivity contribution in [3.8, 4) is 0 Å². The van der Waals surface area contributed by atoms with Crippen LogP contribution in [0.15, 0.2) is 0 Å². The molecule has 1 aliphatic heterocycles. The largest absolute Gasteiger partial charge is 0.381 e. The third-order valence-corrected chi connectivity index (χ3v) is 3.66. The Hall–Kier alpha value is -0.0800. The molecule has 0 atom stereocenters. The van der Waals surface area contributed by atoms with Gasteiger partial charge in [-0.1, -0.05) is 20.8 Å². The average molecular weight is 199 g/mol. The molecule has 2 heteroatoms. The van der Waals surface area contributed by atoms with Crippen LogP contribution >= 0.6 is 0 Å². The Bertz CT molecular complexity index is 175. The molecule has 0 bridgehead atoms. The van der Waals surface area contributed by atoms with E-state index in [1.54, 1.807) is 0 Å². The molecule has 1 saturated heterocycles. The first-order chi connectivity index (χ1) is 6.33. The van der Waals surface area contributed by atoms with E-state index in [9.17, 15) is 0 Å². The van der Waals surface area contributed by atoms with Crippen molar-refractivity contribution in [3.63, 3.8) is 0 Å². The maximum Gasteiger partial charge on any atom is 0.0480 e. The van der Waals surface area contributed by atoms with E-state index in [0.717, 1.165) is 26.1 Å².